The van der Waals surface area contributed by atoms with E-state index in [2.05, 4.69) is 68.1 Å². The van der Waals surface area contributed by atoms with Crippen LogP contribution in [0.15, 0.2) is 42.5 Å². The first-order valence-electron chi connectivity index (χ1n) is 12.0. The fraction of sp³-hybridized carbons (Fsp3) is 0.571. The van der Waals surface area contributed by atoms with E-state index in [0.29, 0.717) is 5.41 Å². The highest BCUT2D eigenvalue weighted by Crippen LogP contribution is 2.37. The third-order valence-electron chi connectivity index (χ3n) is 7.26. The predicted molar refractivity (Wildman–Crippen MR) is 129 cm³/mol. The third-order valence-corrected chi connectivity index (χ3v) is 7.26. The molecule has 0 aliphatic heterocycles. The first-order valence-corrected chi connectivity index (χ1v) is 12.0. The Morgan fingerprint density at radius 1 is 0.900 bits per heavy atom. The SMILES string of the molecule is CC(C)(C)CCN(Cc1ccc2c(c1)Cc1ccccc1-2)CC1CCC(CN)CC1. The van der Waals surface area contributed by atoms with Crippen LogP contribution in [-0.4, -0.2) is 24.5 Å². The first kappa shape index (κ1) is 21.6. The van der Waals surface area contributed by atoms with Crippen LogP contribution in [0.4, 0.5) is 0 Å². The lowest BCUT2D eigenvalue weighted by Gasteiger charge is -2.34. The van der Waals surface area contributed by atoms with Crippen molar-refractivity contribution < 1.29 is 0 Å². The molecule has 0 heterocycles. The van der Waals surface area contributed by atoms with Gasteiger partial charge in [-0.05, 0) is 96.7 Å². The molecule has 162 valence electrons. The third kappa shape index (κ3) is 5.34. The van der Waals surface area contributed by atoms with Crippen LogP contribution in [0.5, 0.6) is 0 Å². The molecule has 0 aromatic heterocycles. The number of fused-ring (bicyclic) bond motifs is 3. The molecule has 0 atom stereocenters. The van der Waals surface area contributed by atoms with Gasteiger partial charge in [0.25, 0.3) is 0 Å². The molecular formula is C28H40N2. The molecule has 2 N–H and O–H groups in total. The van der Waals surface area contributed by atoms with Gasteiger partial charge >= 0.3 is 0 Å². The van der Waals surface area contributed by atoms with Crippen LogP contribution < -0.4 is 5.73 Å². The summed E-state index contributed by atoms with van der Waals surface area (Å²) in [5, 5.41) is 0. The van der Waals surface area contributed by atoms with Gasteiger partial charge < -0.3 is 5.73 Å². The van der Waals surface area contributed by atoms with Gasteiger partial charge in [0.2, 0.25) is 0 Å². The number of hydrogen-bond donors (Lipinski definition) is 1. The Morgan fingerprint density at radius 3 is 2.33 bits per heavy atom. The molecule has 2 heteroatoms. The van der Waals surface area contributed by atoms with Crippen LogP contribution in [0.25, 0.3) is 11.1 Å². The molecule has 1 saturated carbocycles. The predicted octanol–water partition coefficient (Wildman–Crippen LogP) is 6.26. The molecule has 2 aliphatic rings. The lowest BCUT2D eigenvalue weighted by atomic mass is 9.81. The van der Waals surface area contributed by atoms with Crippen molar-refractivity contribution in [3.8, 4) is 11.1 Å². The molecular weight excluding hydrogens is 364 g/mol. The van der Waals surface area contributed by atoms with E-state index in [1.807, 2.05) is 0 Å². The summed E-state index contributed by atoms with van der Waals surface area (Å²) in [5.74, 6) is 1.61. The summed E-state index contributed by atoms with van der Waals surface area (Å²) in [7, 11) is 0. The molecule has 2 aromatic rings. The van der Waals surface area contributed by atoms with Crippen molar-refractivity contribution in [3.63, 3.8) is 0 Å². The Bertz CT molecular complexity index is 840. The van der Waals surface area contributed by atoms with E-state index in [1.54, 1.807) is 0 Å². The maximum absolute atomic E-state index is 5.91. The van der Waals surface area contributed by atoms with Crippen molar-refractivity contribution in [2.45, 2.75) is 65.8 Å². The van der Waals surface area contributed by atoms with Crippen LogP contribution in [0.3, 0.4) is 0 Å². The molecule has 1 fully saturated rings. The monoisotopic (exact) mass is 404 g/mol. The Hall–Kier alpha value is -1.64. The smallest absolute Gasteiger partial charge is 0.0233 e. The number of nitrogens with two attached hydrogens (primary N) is 1. The van der Waals surface area contributed by atoms with E-state index in [0.717, 1.165) is 31.3 Å². The van der Waals surface area contributed by atoms with Gasteiger partial charge in [0.15, 0.2) is 0 Å². The fourth-order valence-electron chi connectivity index (χ4n) is 5.30. The maximum Gasteiger partial charge on any atom is 0.0233 e. The van der Waals surface area contributed by atoms with Crippen LogP contribution in [0.2, 0.25) is 0 Å². The first-order chi connectivity index (χ1) is 14.4. The van der Waals surface area contributed by atoms with Gasteiger partial charge in [-0.3, -0.25) is 4.90 Å². The van der Waals surface area contributed by atoms with E-state index in [9.17, 15) is 0 Å². The maximum atomic E-state index is 5.91. The van der Waals surface area contributed by atoms with Gasteiger partial charge in [-0.1, -0.05) is 63.2 Å². The highest BCUT2D eigenvalue weighted by Gasteiger charge is 2.24. The van der Waals surface area contributed by atoms with Crippen molar-refractivity contribution in [1.29, 1.82) is 0 Å². The van der Waals surface area contributed by atoms with Crippen LogP contribution in [0, 0.1) is 17.3 Å². The Kier molecular flexibility index (Phi) is 6.65. The van der Waals surface area contributed by atoms with Crippen LogP contribution >= 0.6 is 0 Å². The molecule has 0 spiro atoms. The fourth-order valence-corrected chi connectivity index (χ4v) is 5.30. The van der Waals surface area contributed by atoms with E-state index in [4.69, 9.17) is 5.73 Å². The minimum absolute atomic E-state index is 0.384. The zero-order valence-corrected chi connectivity index (χ0v) is 19.3. The van der Waals surface area contributed by atoms with E-state index >= 15 is 0 Å². The summed E-state index contributed by atoms with van der Waals surface area (Å²) in [4.78, 5) is 2.74. The minimum Gasteiger partial charge on any atom is -0.330 e. The molecule has 30 heavy (non-hydrogen) atoms. The molecule has 0 amide bonds. The van der Waals surface area contributed by atoms with E-state index in [1.165, 1.54) is 73.0 Å². The molecule has 2 nitrogen and oxygen atoms in total. The second-order valence-electron chi connectivity index (χ2n) is 11.0. The van der Waals surface area contributed by atoms with Crippen molar-refractivity contribution in [2.75, 3.05) is 19.6 Å². The van der Waals surface area contributed by atoms with E-state index < -0.39 is 0 Å². The summed E-state index contributed by atoms with van der Waals surface area (Å²) in [5.41, 5.74) is 13.6. The Labute approximate surface area is 183 Å². The van der Waals surface area contributed by atoms with Gasteiger partial charge in [-0.25, -0.2) is 0 Å². The normalized spacial score (nSPS) is 21.0. The van der Waals surface area contributed by atoms with Gasteiger partial charge in [-0.15, -0.1) is 0 Å². The average molecular weight is 405 g/mol. The molecule has 0 unspecified atom stereocenters. The van der Waals surface area contributed by atoms with Crippen molar-refractivity contribution in [1.82, 2.24) is 4.90 Å². The van der Waals surface area contributed by atoms with Gasteiger partial charge in [0, 0.05) is 13.1 Å². The Balaban J connectivity index is 1.44. The summed E-state index contributed by atoms with van der Waals surface area (Å²) in [6.07, 6.45) is 7.70. The topological polar surface area (TPSA) is 29.3 Å². The minimum atomic E-state index is 0.384. The number of rotatable bonds is 7. The molecule has 0 bridgehead atoms. The molecule has 2 aliphatic carbocycles. The van der Waals surface area contributed by atoms with E-state index in [-0.39, 0.29) is 0 Å². The average Bonchev–Trinajstić information content (AvgIpc) is 3.10. The molecule has 2 aromatic carbocycles. The molecule has 0 radical (unpaired) electrons. The number of nitrogens with zero attached hydrogens (tertiary/aromatic N) is 1. The molecule has 4 rings (SSSR count). The highest BCUT2D eigenvalue weighted by atomic mass is 15.1. The zero-order valence-electron chi connectivity index (χ0n) is 19.3. The van der Waals surface area contributed by atoms with Crippen molar-refractivity contribution in [3.05, 3.63) is 59.2 Å². The summed E-state index contributed by atoms with van der Waals surface area (Å²) in [6.45, 7) is 11.5. The van der Waals surface area contributed by atoms with Crippen molar-refractivity contribution >= 4 is 0 Å². The van der Waals surface area contributed by atoms with Crippen LogP contribution in [0.1, 0.15) is 69.6 Å². The highest BCUT2D eigenvalue weighted by molar-refractivity contribution is 5.76. The zero-order chi connectivity index (χ0) is 21.1. The van der Waals surface area contributed by atoms with Crippen LogP contribution in [-0.2, 0) is 13.0 Å². The number of hydrogen-bond acceptors (Lipinski definition) is 2. The second kappa shape index (κ2) is 9.24. The van der Waals surface area contributed by atoms with Gasteiger partial charge in [0.05, 0.1) is 0 Å². The number of benzene rings is 2. The van der Waals surface area contributed by atoms with Gasteiger partial charge in [0.1, 0.15) is 0 Å². The summed E-state index contributed by atoms with van der Waals surface area (Å²) >= 11 is 0. The quantitative estimate of drug-likeness (QED) is 0.503. The summed E-state index contributed by atoms with van der Waals surface area (Å²) in [6, 6.07) is 16.1. The lowest BCUT2D eigenvalue weighted by Crippen LogP contribution is -2.34. The largest absolute Gasteiger partial charge is 0.330 e. The standard InChI is InChI=1S/C28H40N2/c1-28(2,3)14-15-30(19-22-10-8-21(18-29)9-11-22)20-23-12-13-27-25(16-23)17-24-6-4-5-7-26(24)27/h4-7,12-13,16,21-22H,8-11,14-15,17-20,29H2,1-3H3. The molecule has 0 saturated heterocycles. The van der Waals surface area contributed by atoms with Gasteiger partial charge in [-0.2, -0.15) is 0 Å². The van der Waals surface area contributed by atoms with Crippen molar-refractivity contribution in [2.24, 2.45) is 23.0 Å². The lowest BCUT2D eigenvalue weighted by molar-refractivity contribution is 0.159. The Morgan fingerprint density at radius 2 is 1.60 bits per heavy atom. The second-order valence-corrected chi connectivity index (χ2v) is 11.0. The summed E-state index contributed by atoms with van der Waals surface area (Å²) < 4.78 is 0.